The summed E-state index contributed by atoms with van der Waals surface area (Å²) < 4.78 is 4.56. The topological polar surface area (TPSA) is 82.0 Å². The highest BCUT2D eigenvalue weighted by Crippen LogP contribution is 2.04. The Morgan fingerprint density at radius 3 is 2.25 bits per heavy atom. The Balaban J connectivity index is 3.99. The molecule has 12 heavy (non-hydrogen) atoms. The van der Waals surface area contributed by atoms with Crippen LogP contribution in [0.25, 0.3) is 0 Å². The average Bonchev–Trinajstić information content (AvgIpc) is 1.85. The molecule has 0 heterocycles. The second-order valence-electron chi connectivity index (χ2n) is 3.00. The zero-order chi connectivity index (χ0) is 9.78. The lowest BCUT2D eigenvalue weighted by atomic mass is 10.2. The molecular formula is C7H17NO4. The number of aliphatic hydroxyl groups excluding tert-OH is 1. The maximum Gasteiger partial charge on any atom is 0.252 e. The van der Waals surface area contributed by atoms with Gasteiger partial charge in [0.1, 0.15) is 6.10 Å². The van der Waals surface area contributed by atoms with Gasteiger partial charge in [0.15, 0.2) is 0 Å². The summed E-state index contributed by atoms with van der Waals surface area (Å²) in [4.78, 5) is 0. The number of methoxy groups -OCH3 is 1. The predicted octanol–water partition coefficient (Wildman–Crippen LogP) is -1.37. The first-order valence-electron chi connectivity index (χ1n) is 3.79. The van der Waals surface area contributed by atoms with Gasteiger partial charge in [-0.05, 0) is 13.8 Å². The molecule has 0 aliphatic carbocycles. The Kier molecular flexibility index (Phi) is 4.66. The van der Waals surface area contributed by atoms with E-state index in [-0.39, 0.29) is 12.6 Å². The van der Waals surface area contributed by atoms with Crippen molar-refractivity contribution in [3.63, 3.8) is 0 Å². The molecule has 0 saturated carbocycles. The van der Waals surface area contributed by atoms with Gasteiger partial charge in [-0.2, -0.15) is 0 Å². The van der Waals surface area contributed by atoms with Gasteiger partial charge >= 0.3 is 0 Å². The molecule has 0 aliphatic rings. The summed E-state index contributed by atoms with van der Waals surface area (Å²) in [5, 5.41) is 29.9. The van der Waals surface area contributed by atoms with Crippen molar-refractivity contribution in [1.82, 2.24) is 5.32 Å². The van der Waals surface area contributed by atoms with Crippen molar-refractivity contribution in [3.05, 3.63) is 0 Å². The van der Waals surface area contributed by atoms with Crippen molar-refractivity contribution >= 4 is 0 Å². The van der Waals surface area contributed by atoms with Crippen molar-refractivity contribution in [3.8, 4) is 0 Å². The van der Waals surface area contributed by atoms with Crippen molar-refractivity contribution in [2.24, 2.45) is 0 Å². The van der Waals surface area contributed by atoms with Crippen molar-refractivity contribution in [2.45, 2.75) is 31.9 Å². The van der Waals surface area contributed by atoms with Gasteiger partial charge in [0.25, 0.3) is 5.91 Å². The average molecular weight is 179 g/mol. The monoisotopic (exact) mass is 179 g/mol. The molecule has 0 bridgehead atoms. The van der Waals surface area contributed by atoms with E-state index in [9.17, 15) is 10.2 Å². The molecule has 5 nitrogen and oxygen atoms in total. The van der Waals surface area contributed by atoms with Gasteiger partial charge in [0.2, 0.25) is 0 Å². The molecule has 0 radical (unpaired) electrons. The van der Waals surface area contributed by atoms with E-state index in [2.05, 4.69) is 10.1 Å². The minimum atomic E-state index is -2.29. The third kappa shape index (κ3) is 3.99. The fourth-order valence-corrected chi connectivity index (χ4v) is 0.795. The molecule has 0 amide bonds. The summed E-state index contributed by atoms with van der Waals surface area (Å²) in [6, 6.07) is -0.133. The molecule has 0 rings (SSSR count). The lowest BCUT2D eigenvalue weighted by Crippen LogP contribution is -2.58. The van der Waals surface area contributed by atoms with Crippen molar-refractivity contribution < 1.29 is 20.1 Å². The van der Waals surface area contributed by atoms with E-state index in [1.165, 1.54) is 7.11 Å². The number of hydrogen-bond acceptors (Lipinski definition) is 5. The van der Waals surface area contributed by atoms with Crippen molar-refractivity contribution in [2.75, 3.05) is 13.7 Å². The second kappa shape index (κ2) is 4.74. The number of ether oxygens (including phenoxy) is 1. The van der Waals surface area contributed by atoms with Gasteiger partial charge in [-0.25, -0.2) is 0 Å². The predicted molar refractivity (Wildman–Crippen MR) is 43.3 cm³/mol. The molecule has 0 fully saturated rings. The summed E-state index contributed by atoms with van der Waals surface area (Å²) in [7, 11) is 1.37. The third-order valence-corrected chi connectivity index (χ3v) is 1.29. The smallest absolute Gasteiger partial charge is 0.252 e. The molecule has 0 aromatic rings. The number of nitrogens with one attached hydrogen (secondary N) is 1. The zero-order valence-electron chi connectivity index (χ0n) is 7.61. The Bertz CT molecular complexity index is 127. The molecular weight excluding hydrogens is 162 g/mol. The molecule has 0 aromatic heterocycles. The van der Waals surface area contributed by atoms with Crippen LogP contribution >= 0.6 is 0 Å². The van der Waals surface area contributed by atoms with Crippen LogP contribution in [0.4, 0.5) is 0 Å². The van der Waals surface area contributed by atoms with Crippen LogP contribution in [0.1, 0.15) is 13.8 Å². The minimum absolute atomic E-state index is 0.132. The van der Waals surface area contributed by atoms with E-state index in [1.54, 1.807) is 13.8 Å². The van der Waals surface area contributed by atoms with Crippen LogP contribution in [0.2, 0.25) is 0 Å². The molecule has 1 atom stereocenters. The fourth-order valence-electron chi connectivity index (χ4n) is 0.795. The Morgan fingerprint density at radius 2 is 1.92 bits per heavy atom. The van der Waals surface area contributed by atoms with Gasteiger partial charge < -0.3 is 20.1 Å². The summed E-state index contributed by atoms with van der Waals surface area (Å²) >= 11 is 0. The lowest BCUT2D eigenvalue weighted by molar-refractivity contribution is -0.257. The maximum absolute atomic E-state index is 9.20. The van der Waals surface area contributed by atoms with E-state index in [1.807, 2.05) is 0 Å². The van der Waals surface area contributed by atoms with Gasteiger partial charge in [0, 0.05) is 13.2 Å². The highest BCUT2D eigenvalue weighted by molar-refractivity contribution is 4.73. The first kappa shape index (κ1) is 11.8. The lowest BCUT2D eigenvalue weighted by Gasteiger charge is -2.29. The van der Waals surface area contributed by atoms with Crippen LogP contribution < -0.4 is 5.32 Å². The highest BCUT2D eigenvalue weighted by atomic mass is 16.6. The number of hydrogen-bond donors (Lipinski definition) is 4. The molecule has 0 spiro atoms. The molecule has 0 aromatic carbocycles. The molecule has 1 unspecified atom stereocenters. The summed E-state index contributed by atoms with van der Waals surface area (Å²) in [5.41, 5.74) is 0. The van der Waals surface area contributed by atoms with Crippen LogP contribution in [0.15, 0.2) is 0 Å². The molecule has 0 aliphatic heterocycles. The molecule has 0 saturated heterocycles. The van der Waals surface area contributed by atoms with E-state index >= 15 is 0 Å². The van der Waals surface area contributed by atoms with E-state index in [0.29, 0.717) is 0 Å². The van der Waals surface area contributed by atoms with Gasteiger partial charge in [-0.15, -0.1) is 0 Å². The quantitative estimate of drug-likeness (QED) is 0.391. The summed E-state index contributed by atoms with van der Waals surface area (Å²) in [6.45, 7) is 3.34. The zero-order valence-corrected chi connectivity index (χ0v) is 7.61. The van der Waals surface area contributed by atoms with E-state index in [0.717, 1.165) is 0 Å². The van der Waals surface area contributed by atoms with Gasteiger partial charge in [-0.3, -0.25) is 5.32 Å². The Morgan fingerprint density at radius 1 is 1.42 bits per heavy atom. The van der Waals surface area contributed by atoms with Crippen LogP contribution in [-0.4, -0.2) is 47.1 Å². The number of rotatable bonds is 5. The van der Waals surface area contributed by atoms with Crippen LogP contribution in [0.3, 0.4) is 0 Å². The number of aliphatic hydroxyl groups is 3. The van der Waals surface area contributed by atoms with Crippen LogP contribution in [0.5, 0.6) is 0 Å². The molecule has 4 N–H and O–H groups in total. The second-order valence-corrected chi connectivity index (χ2v) is 3.00. The first-order valence-corrected chi connectivity index (χ1v) is 3.79. The first-order chi connectivity index (χ1) is 5.40. The Hall–Kier alpha value is -0.200. The van der Waals surface area contributed by atoms with Crippen LogP contribution in [-0.2, 0) is 4.74 Å². The fraction of sp³-hybridized carbons (Fsp3) is 1.00. The van der Waals surface area contributed by atoms with Gasteiger partial charge in [0.05, 0.1) is 6.61 Å². The van der Waals surface area contributed by atoms with E-state index in [4.69, 9.17) is 5.11 Å². The summed E-state index contributed by atoms with van der Waals surface area (Å²) in [6.07, 6.45) is -1.36. The highest BCUT2D eigenvalue weighted by Gasteiger charge is 2.33. The third-order valence-electron chi connectivity index (χ3n) is 1.29. The normalized spacial score (nSPS) is 15.2. The summed E-state index contributed by atoms with van der Waals surface area (Å²) in [5.74, 6) is -2.29. The maximum atomic E-state index is 9.20. The minimum Gasteiger partial charge on any atom is -0.383 e. The molecule has 5 heteroatoms. The largest absolute Gasteiger partial charge is 0.383 e. The van der Waals surface area contributed by atoms with Gasteiger partial charge in [-0.1, -0.05) is 0 Å². The SMILES string of the molecule is COCC(O)C(O)(O)NC(C)C. The van der Waals surface area contributed by atoms with Crippen LogP contribution in [0, 0.1) is 0 Å². The van der Waals surface area contributed by atoms with E-state index < -0.39 is 12.0 Å². The van der Waals surface area contributed by atoms with Crippen molar-refractivity contribution in [1.29, 1.82) is 0 Å². The Labute approximate surface area is 72.0 Å². The molecule has 74 valence electrons. The standard InChI is InChI=1S/C7H17NO4/c1-5(2)8-7(10,11)6(9)4-12-3/h5-6,8-11H,4H2,1-3H3.